The molecule has 0 radical (unpaired) electrons. The molecule has 3 aromatic rings. The number of aromatic carboxylic acids is 1. The number of hydrogen-bond acceptors (Lipinski definition) is 7. The van der Waals surface area contributed by atoms with Crippen LogP contribution in [0.25, 0.3) is 10.9 Å². The number of carbonyl (C=O) groups is 2. The fourth-order valence-corrected chi connectivity index (χ4v) is 5.56. The van der Waals surface area contributed by atoms with Crippen molar-refractivity contribution < 1.29 is 23.1 Å². The Bertz CT molecular complexity index is 1450. The average Bonchev–Trinajstić information content (AvgIpc) is 2.88. The Hall–Kier alpha value is -2.83. The molecular formula is C27H36Cl3N5O5S. The van der Waals surface area contributed by atoms with Crippen molar-refractivity contribution in [2.75, 3.05) is 48.9 Å². The first kappa shape index (κ1) is 36.2. The van der Waals surface area contributed by atoms with Crippen molar-refractivity contribution in [3.63, 3.8) is 0 Å². The van der Waals surface area contributed by atoms with Gasteiger partial charge >= 0.3 is 5.97 Å². The SMILES string of the molecule is CCCCNC(=O)CN1CCN(c2cc(C(=O)O)c3cc(NS(=O)(=O)c4cccc(C)c4)ccc3n2)CC1.Cl.Cl.Cl. The molecule has 0 saturated carbocycles. The van der Waals surface area contributed by atoms with E-state index in [4.69, 9.17) is 0 Å². The third kappa shape index (κ3) is 9.34. The summed E-state index contributed by atoms with van der Waals surface area (Å²) in [5.74, 6) is -0.576. The summed E-state index contributed by atoms with van der Waals surface area (Å²) in [6, 6.07) is 12.8. The van der Waals surface area contributed by atoms with Gasteiger partial charge in [0.15, 0.2) is 0 Å². The standard InChI is InChI=1S/C27H33N5O5S.3ClH/c1-3-4-10-28-26(33)18-31-11-13-32(14-12-31)25-17-23(27(34)35)22-16-20(8-9-24(22)29-25)30-38(36,37)21-7-5-6-19(2)15-21;;;/h5-9,15-17,30H,3-4,10-14,18H2,1-2H3,(H,28,33)(H,34,35);3*1H. The van der Waals surface area contributed by atoms with Gasteiger partial charge < -0.3 is 15.3 Å². The van der Waals surface area contributed by atoms with Crippen molar-refractivity contribution in [1.29, 1.82) is 0 Å². The predicted molar refractivity (Wildman–Crippen MR) is 169 cm³/mol. The molecule has 3 N–H and O–H groups in total. The predicted octanol–water partition coefficient (Wildman–Crippen LogP) is 4.35. The molecule has 1 amide bonds. The zero-order valence-corrected chi connectivity index (χ0v) is 26.1. The van der Waals surface area contributed by atoms with E-state index in [2.05, 4.69) is 26.8 Å². The summed E-state index contributed by atoms with van der Waals surface area (Å²) in [6.45, 7) is 7.43. The number of halogens is 3. The Morgan fingerprint density at radius 1 is 1.00 bits per heavy atom. The van der Waals surface area contributed by atoms with Gasteiger partial charge in [-0.05, 0) is 55.3 Å². The highest BCUT2D eigenvalue weighted by Crippen LogP contribution is 2.28. The second-order valence-electron chi connectivity index (χ2n) is 9.45. The first-order chi connectivity index (χ1) is 18.2. The number of aromatic nitrogens is 1. The smallest absolute Gasteiger partial charge is 0.336 e. The van der Waals surface area contributed by atoms with Crippen LogP contribution in [0.1, 0.15) is 35.7 Å². The van der Waals surface area contributed by atoms with Crippen molar-refractivity contribution in [2.24, 2.45) is 0 Å². The molecule has 0 spiro atoms. The molecule has 4 rings (SSSR count). The van der Waals surface area contributed by atoms with Crippen molar-refractivity contribution in [2.45, 2.75) is 31.6 Å². The molecule has 10 nitrogen and oxygen atoms in total. The highest BCUT2D eigenvalue weighted by molar-refractivity contribution is 7.92. The highest BCUT2D eigenvalue weighted by atomic mass is 35.5. The Labute approximate surface area is 259 Å². The van der Waals surface area contributed by atoms with E-state index in [1.807, 2.05) is 17.9 Å². The van der Waals surface area contributed by atoms with Crippen LogP contribution in [0.5, 0.6) is 0 Å². The fraction of sp³-hybridized carbons (Fsp3) is 0.370. The second-order valence-corrected chi connectivity index (χ2v) is 11.1. The van der Waals surface area contributed by atoms with Gasteiger partial charge in [-0.1, -0.05) is 25.5 Å². The second kappa shape index (κ2) is 16.0. The first-order valence-electron chi connectivity index (χ1n) is 12.7. The summed E-state index contributed by atoms with van der Waals surface area (Å²) < 4.78 is 28.2. The van der Waals surface area contributed by atoms with Crippen molar-refractivity contribution in [1.82, 2.24) is 15.2 Å². The molecular weight excluding hydrogens is 613 g/mol. The lowest BCUT2D eigenvalue weighted by molar-refractivity contribution is -0.122. The van der Waals surface area contributed by atoms with Crippen LogP contribution in [0, 0.1) is 6.92 Å². The largest absolute Gasteiger partial charge is 0.478 e. The Morgan fingerprint density at radius 2 is 1.71 bits per heavy atom. The number of sulfonamides is 1. The number of nitrogens with one attached hydrogen (secondary N) is 2. The van der Waals surface area contributed by atoms with Crippen LogP contribution < -0.4 is 14.9 Å². The summed E-state index contributed by atoms with van der Waals surface area (Å²) >= 11 is 0. The number of unbranched alkanes of at least 4 members (excludes halogenated alkanes) is 1. The summed E-state index contributed by atoms with van der Waals surface area (Å²) in [4.78, 5) is 33.2. The molecule has 1 aliphatic rings. The van der Waals surface area contributed by atoms with Gasteiger partial charge in [0.25, 0.3) is 10.0 Å². The Morgan fingerprint density at radius 3 is 2.34 bits per heavy atom. The van der Waals surface area contributed by atoms with Gasteiger partial charge in [0.1, 0.15) is 5.82 Å². The van der Waals surface area contributed by atoms with Crippen molar-refractivity contribution in [3.05, 3.63) is 59.7 Å². The van der Waals surface area contributed by atoms with E-state index in [1.54, 1.807) is 24.3 Å². The van der Waals surface area contributed by atoms with Gasteiger partial charge in [-0.25, -0.2) is 18.2 Å². The minimum atomic E-state index is -3.84. The van der Waals surface area contributed by atoms with Crippen LogP contribution in [-0.2, 0) is 14.8 Å². The lowest BCUT2D eigenvalue weighted by Crippen LogP contribution is -2.49. The summed E-state index contributed by atoms with van der Waals surface area (Å²) in [5, 5.41) is 13.2. The number of benzene rings is 2. The van der Waals surface area contributed by atoms with E-state index in [0.717, 1.165) is 18.4 Å². The number of fused-ring (bicyclic) bond motifs is 1. The molecule has 2 aromatic carbocycles. The number of hydrogen-bond donors (Lipinski definition) is 3. The molecule has 1 aromatic heterocycles. The number of anilines is 2. The monoisotopic (exact) mass is 647 g/mol. The van der Waals surface area contributed by atoms with Gasteiger partial charge in [0.05, 0.1) is 22.5 Å². The number of amides is 1. The topological polar surface area (TPSA) is 132 Å². The normalized spacial score (nSPS) is 13.4. The number of piperazine rings is 1. The summed E-state index contributed by atoms with van der Waals surface area (Å²) in [7, 11) is -3.84. The molecule has 1 saturated heterocycles. The molecule has 0 atom stereocenters. The summed E-state index contributed by atoms with van der Waals surface area (Å²) in [6.07, 6.45) is 1.99. The lowest BCUT2D eigenvalue weighted by Gasteiger charge is -2.35. The Balaban J connectivity index is 0.00000280. The van der Waals surface area contributed by atoms with Gasteiger partial charge in [0, 0.05) is 43.8 Å². The molecule has 2 heterocycles. The molecule has 1 aliphatic heterocycles. The highest BCUT2D eigenvalue weighted by Gasteiger charge is 2.23. The van der Waals surface area contributed by atoms with Crippen LogP contribution in [-0.4, -0.2) is 74.6 Å². The number of aryl methyl sites for hydroxylation is 1. The third-order valence-electron chi connectivity index (χ3n) is 6.49. The minimum Gasteiger partial charge on any atom is -0.478 e. The number of carboxylic acids is 1. The number of rotatable bonds is 10. The van der Waals surface area contributed by atoms with E-state index in [0.29, 0.717) is 56.0 Å². The van der Waals surface area contributed by atoms with Gasteiger partial charge in [0.2, 0.25) is 5.91 Å². The maximum absolute atomic E-state index is 12.8. The van der Waals surface area contributed by atoms with Crippen LogP contribution in [0.4, 0.5) is 11.5 Å². The molecule has 0 bridgehead atoms. The number of nitrogens with zero attached hydrogens (tertiary/aromatic N) is 3. The fourth-order valence-electron chi connectivity index (χ4n) is 4.41. The molecule has 226 valence electrons. The maximum Gasteiger partial charge on any atom is 0.336 e. The molecule has 41 heavy (non-hydrogen) atoms. The van der Waals surface area contributed by atoms with E-state index in [1.165, 1.54) is 18.2 Å². The number of carboxylic acid groups (broad SMARTS) is 1. The molecule has 0 unspecified atom stereocenters. The maximum atomic E-state index is 12.8. The zero-order chi connectivity index (χ0) is 27.3. The minimum absolute atomic E-state index is 0. The van der Waals surface area contributed by atoms with Crippen LogP contribution in [0.15, 0.2) is 53.4 Å². The van der Waals surface area contributed by atoms with Gasteiger partial charge in [-0.3, -0.25) is 14.4 Å². The average molecular weight is 649 g/mol. The quantitative estimate of drug-likeness (QED) is 0.277. The van der Waals surface area contributed by atoms with Crippen LogP contribution >= 0.6 is 37.2 Å². The van der Waals surface area contributed by atoms with Crippen LogP contribution in [0.2, 0.25) is 0 Å². The zero-order valence-electron chi connectivity index (χ0n) is 22.8. The third-order valence-corrected chi connectivity index (χ3v) is 7.87. The molecule has 0 aliphatic carbocycles. The van der Waals surface area contributed by atoms with E-state index >= 15 is 0 Å². The summed E-state index contributed by atoms with van der Waals surface area (Å²) in [5.41, 5.74) is 1.56. The number of carbonyl (C=O) groups excluding carboxylic acids is 1. The Kier molecular flexibility index (Phi) is 14.1. The van der Waals surface area contributed by atoms with Gasteiger partial charge in [-0.15, -0.1) is 37.2 Å². The van der Waals surface area contributed by atoms with Crippen molar-refractivity contribution in [3.8, 4) is 0 Å². The molecule has 14 heteroatoms. The first-order valence-corrected chi connectivity index (χ1v) is 14.2. The van der Waals surface area contributed by atoms with E-state index in [-0.39, 0.29) is 59.3 Å². The van der Waals surface area contributed by atoms with E-state index in [9.17, 15) is 23.1 Å². The van der Waals surface area contributed by atoms with Gasteiger partial charge in [-0.2, -0.15) is 0 Å². The lowest BCUT2D eigenvalue weighted by atomic mass is 10.1. The molecule has 1 fully saturated rings. The van der Waals surface area contributed by atoms with E-state index < -0.39 is 16.0 Å². The van der Waals surface area contributed by atoms with Crippen molar-refractivity contribution >= 4 is 81.5 Å². The van der Waals surface area contributed by atoms with Crippen LogP contribution in [0.3, 0.4) is 0 Å². The number of pyridine rings is 1.